The summed E-state index contributed by atoms with van der Waals surface area (Å²) in [6.07, 6.45) is 1.97. The molecule has 1 fully saturated rings. The van der Waals surface area contributed by atoms with Gasteiger partial charge in [0.1, 0.15) is 4.21 Å². The van der Waals surface area contributed by atoms with Crippen molar-refractivity contribution >= 4 is 27.3 Å². The van der Waals surface area contributed by atoms with E-state index in [4.69, 9.17) is 5.11 Å². The molecule has 2 rings (SSSR count). The molecule has 112 valence electrons. The van der Waals surface area contributed by atoms with Gasteiger partial charge in [-0.25, -0.2) is 13.1 Å². The standard InChI is InChI=1S/C13H19NO4S2/c1-9(2)13(5-6-13)8-14-20(17,18)12-4-3-10(19-12)7-11(15)16/h3-4,9,14H,5-8H2,1-2H3,(H,15,16). The van der Waals surface area contributed by atoms with Crippen molar-refractivity contribution in [2.45, 2.75) is 37.3 Å². The van der Waals surface area contributed by atoms with Gasteiger partial charge in [0, 0.05) is 11.4 Å². The lowest BCUT2D eigenvalue weighted by Crippen LogP contribution is -2.32. The van der Waals surface area contributed by atoms with Crippen molar-refractivity contribution in [1.29, 1.82) is 0 Å². The maximum absolute atomic E-state index is 12.2. The molecule has 2 N–H and O–H groups in total. The van der Waals surface area contributed by atoms with E-state index in [1.807, 2.05) is 0 Å². The van der Waals surface area contributed by atoms with Crippen LogP contribution in [-0.4, -0.2) is 26.0 Å². The lowest BCUT2D eigenvalue weighted by molar-refractivity contribution is -0.136. The van der Waals surface area contributed by atoms with Crippen LogP contribution in [0.15, 0.2) is 16.3 Å². The highest BCUT2D eigenvalue weighted by atomic mass is 32.2. The third-order valence-corrected chi connectivity index (χ3v) is 6.94. The molecule has 1 heterocycles. The predicted octanol–water partition coefficient (Wildman–Crippen LogP) is 2.09. The maximum atomic E-state index is 12.2. The Morgan fingerprint density at radius 3 is 2.60 bits per heavy atom. The summed E-state index contributed by atoms with van der Waals surface area (Å²) in [5, 5.41) is 8.70. The third-order valence-electron chi connectivity index (χ3n) is 3.96. The summed E-state index contributed by atoms with van der Waals surface area (Å²) in [4.78, 5) is 11.2. The van der Waals surface area contributed by atoms with Crippen molar-refractivity contribution in [2.75, 3.05) is 6.54 Å². The molecule has 1 aromatic rings. The highest BCUT2D eigenvalue weighted by Gasteiger charge is 2.45. The Labute approximate surface area is 123 Å². The van der Waals surface area contributed by atoms with E-state index in [9.17, 15) is 13.2 Å². The summed E-state index contributed by atoms with van der Waals surface area (Å²) in [6.45, 7) is 4.67. The van der Waals surface area contributed by atoms with Crippen molar-refractivity contribution in [2.24, 2.45) is 11.3 Å². The molecule has 0 radical (unpaired) electrons. The number of carbonyl (C=O) groups is 1. The lowest BCUT2D eigenvalue weighted by atomic mass is 9.93. The Hall–Kier alpha value is -0.920. The molecule has 1 aliphatic carbocycles. The Bertz CT molecular complexity index is 600. The molecular weight excluding hydrogens is 298 g/mol. The van der Waals surface area contributed by atoms with Gasteiger partial charge in [0.15, 0.2) is 0 Å². The SMILES string of the molecule is CC(C)C1(CNS(=O)(=O)c2ccc(CC(=O)O)s2)CC1. The fourth-order valence-corrected chi connectivity index (χ4v) is 4.71. The zero-order chi connectivity index (χ0) is 15.0. The van der Waals surface area contributed by atoms with Gasteiger partial charge in [-0.3, -0.25) is 4.79 Å². The molecule has 0 amide bonds. The molecule has 0 aromatic carbocycles. The number of aliphatic carboxylic acids is 1. The van der Waals surface area contributed by atoms with Crippen LogP contribution >= 0.6 is 11.3 Å². The molecule has 0 saturated heterocycles. The molecule has 0 unspecified atom stereocenters. The number of nitrogens with one attached hydrogen (secondary N) is 1. The van der Waals surface area contributed by atoms with E-state index in [1.54, 1.807) is 6.07 Å². The number of rotatable bonds is 7. The summed E-state index contributed by atoms with van der Waals surface area (Å²) >= 11 is 1.02. The Kier molecular flexibility index (Phi) is 4.22. The van der Waals surface area contributed by atoms with Crippen molar-refractivity contribution in [3.8, 4) is 0 Å². The van der Waals surface area contributed by atoms with Gasteiger partial charge in [-0.1, -0.05) is 13.8 Å². The van der Waals surface area contributed by atoms with Crippen LogP contribution < -0.4 is 4.72 Å². The summed E-state index contributed by atoms with van der Waals surface area (Å²) < 4.78 is 27.2. The van der Waals surface area contributed by atoms with Gasteiger partial charge in [-0.2, -0.15) is 0 Å². The fraction of sp³-hybridized carbons (Fsp3) is 0.615. The van der Waals surface area contributed by atoms with Crippen LogP contribution in [0.2, 0.25) is 0 Å². The molecule has 0 spiro atoms. The average Bonchev–Trinajstić information content (AvgIpc) is 3.00. The number of thiophene rings is 1. The van der Waals surface area contributed by atoms with Crippen molar-refractivity contribution in [3.05, 3.63) is 17.0 Å². The van der Waals surface area contributed by atoms with Gasteiger partial charge in [0.2, 0.25) is 10.0 Å². The Morgan fingerprint density at radius 2 is 2.10 bits per heavy atom. The second-order valence-corrected chi connectivity index (χ2v) is 8.80. The number of hydrogen-bond acceptors (Lipinski definition) is 4. The summed E-state index contributed by atoms with van der Waals surface area (Å²) in [7, 11) is -3.53. The van der Waals surface area contributed by atoms with Crippen LogP contribution in [0, 0.1) is 11.3 Å². The van der Waals surface area contributed by atoms with E-state index in [0.29, 0.717) is 17.3 Å². The van der Waals surface area contributed by atoms with E-state index >= 15 is 0 Å². The maximum Gasteiger partial charge on any atom is 0.308 e. The van der Waals surface area contributed by atoms with Crippen molar-refractivity contribution < 1.29 is 18.3 Å². The highest BCUT2D eigenvalue weighted by molar-refractivity contribution is 7.91. The number of hydrogen-bond donors (Lipinski definition) is 2. The Balaban J connectivity index is 2.03. The van der Waals surface area contributed by atoms with Crippen molar-refractivity contribution in [3.63, 3.8) is 0 Å². The van der Waals surface area contributed by atoms with Gasteiger partial charge in [-0.05, 0) is 36.3 Å². The van der Waals surface area contributed by atoms with E-state index in [1.165, 1.54) is 6.07 Å². The molecule has 1 aliphatic rings. The second kappa shape index (κ2) is 5.46. The zero-order valence-corrected chi connectivity index (χ0v) is 13.2. The quantitative estimate of drug-likeness (QED) is 0.806. The van der Waals surface area contributed by atoms with Crippen LogP contribution in [-0.2, 0) is 21.2 Å². The van der Waals surface area contributed by atoms with E-state index < -0.39 is 16.0 Å². The molecule has 1 saturated carbocycles. The van der Waals surface area contributed by atoms with Crippen LogP contribution in [0.1, 0.15) is 31.6 Å². The lowest BCUT2D eigenvalue weighted by Gasteiger charge is -2.19. The molecule has 0 bridgehead atoms. The monoisotopic (exact) mass is 317 g/mol. The van der Waals surface area contributed by atoms with E-state index in [2.05, 4.69) is 18.6 Å². The summed E-state index contributed by atoms with van der Waals surface area (Å²) in [6, 6.07) is 3.03. The minimum absolute atomic E-state index is 0.105. The van der Waals surface area contributed by atoms with Gasteiger partial charge < -0.3 is 5.11 Å². The zero-order valence-electron chi connectivity index (χ0n) is 11.5. The summed E-state index contributed by atoms with van der Waals surface area (Å²) in [5.41, 5.74) is 0.105. The molecular formula is C13H19NO4S2. The number of sulfonamides is 1. The van der Waals surface area contributed by atoms with Gasteiger partial charge in [0.05, 0.1) is 6.42 Å². The first-order chi connectivity index (χ1) is 9.25. The first-order valence-corrected chi connectivity index (χ1v) is 8.85. The van der Waals surface area contributed by atoms with Crippen LogP contribution in [0.4, 0.5) is 0 Å². The predicted molar refractivity (Wildman–Crippen MR) is 77.4 cm³/mol. The molecule has 7 heteroatoms. The molecule has 5 nitrogen and oxygen atoms in total. The second-order valence-electron chi connectivity index (χ2n) is 5.63. The highest BCUT2D eigenvalue weighted by Crippen LogP contribution is 2.51. The van der Waals surface area contributed by atoms with Crippen LogP contribution in [0.3, 0.4) is 0 Å². The minimum atomic E-state index is -3.53. The molecule has 20 heavy (non-hydrogen) atoms. The average molecular weight is 317 g/mol. The van der Waals surface area contributed by atoms with E-state index in [0.717, 1.165) is 24.2 Å². The van der Waals surface area contributed by atoms with Gasteiger partial charge in [-0.15, -0.1) is 11.3 Å². The topological polar surface area (TPSA) is 83.5 Å². The molecule has 0 aliphatic heterocycles. The van der Waals surface area contributed by atoms with E-state index in [-0.39, 0.29) is 16.0 Å². The third kappa shape index (κ3) is 3.39. The summed E-state index contributed by atoms with van der Waals surface area (Å²) in [5.74, 6) is -0.503. The first-order valence-electron chi connectivity index (χ1n) is 6.55. The fourth-order valence-electron chi connectivity index (χ4n) is 2.18. The number of carboxylic acids is 1. The minimum Gasteiger partial charge on any atom is -0.481 e. The molecule has 0 atom stereocenters. The smallest absolute Gasteiger partial charge is 0.308 e. The Morgan fingerprint density at radius 1 is 1.45 bits per heavy atom. The van der Waals surface area contributed by atoms with Gasteiger partial charge >= 0.3 is 5.97 Å². The van der Waals surface area contributed by atoms with Crippen LogP contribution in [0.25, 0.3) is 0 Å². The largest absolute Gasteiger partial charge is 0.481 e. The normalized spacial score (nSPS) is 17.4. The van der Waals surface area contributed by atoms with Crippen molar-refractivity contribution in [1.82, 2.24) is 4.72 Å². The van der Waals surface area contributed by atoms with Crippen LogP contribution in [0.5, 0.6) is 0 Å². The first kappa shape index (κ1) is 15.5. The molecule has 1 aromatic heterocycles. The number of carboxylic acid groups (broad SMARTS) is 1. The van der Waals surface area contributed by atoms with Gasteiger partial charge in [0.25, 0.3) is 0 Å².